The van der Waals surface area contributed by atoms with Gasteiger partial charge in [0.05, 0.1) is 0 Å². The Morgan fingerprint density at radius 1 is 1.15 bits per heavy atom. The number of nitrogens with one attached hydrogen (secondary N) is 1. The second kappa shape index (κ2) is 4.61. The third-order valence-corrected chi connectivity index (χ3v) is 4.81. The molecule has 0 radical (unpaired) electrons. The molecule has 0 aromatic heterocycles. The van der Waals surface area contributed by atoms with Crippen LogP contribution in [-0.4, -0.2) is 14.3 Å². The van der Waals surface area contributed by atoms with Crippen LogP contribution < -0.4 is 5.32 Å². The minimum atomic E-state index is -3.60. The minimum absolute atomic E-state index is 0.223. The fraction of sp³-hybridized carbons (Fsp3) is 0.0714. The molecule has 0 saturated carbocycles. The number of hydrogen-bond acceptors (Lipinski definition) is 3. The van der Waals surface area contributed by atoms with E-state index in [0.717, 1.165) is 5.56 Å². The van der Waals surface area contributed by atoms with Crippen LogP contribution in [0.1, 0.15) is 11.1 Å². The van der Waals surface area contributed by atoms with Gasteiger partial charge in [0.25, 0.3) is 10.0 Å². The maximum absolute atomic E-state index is 11.9. The summed E-state index contributed by atoms with van der Waals surface area (Å²) in [5, 5.41) is 3.62. The Morgan fingerprint density at radius 2 is 1.90 bits per heavy atom. The number of rotatable bonds is 1. The minimum Gasteiger partial charge on any atom is -0.339 e. The third-order valence-electron chi connectivity index (χ3n) is 3.07. The molecule has 1 N–H and O–H groups in total. The summed E-state index contributed by atoms with van der Waals surface area (Å²) in [6, 6.07) is 12.2. The van der Waals surface area contributed by atoms with Gasteiger partial charge in [0, 0.05) is 16.3 Å². The molecule has 2 aromatic rings. The molecule has 0 spiro atoms. The van der Waals surface area contributed by atoms with Gasteiger partial charge in [-0.05, 0) is 36.8 Å². The van der Waals surface area contributed by atoms with Gasteiger partial charge in [0.2, 0.25) is 0 Å². The number of nitrogens with zero attached hydrogens (tertiary/aromatic N) is 1. The highest BCUT2D eigenvalue weighted by Gasteiger charge is 2.28. The average molecular weight is 307 g/mol. The van der Waals surface area contributed by atoms with Gasteiger partial charge in [-0.3, -0.25) is 0 Å². The van der Waals surface area contributed by atoms with E-state index in [4.69, 9.17) is 11.6 Å². The van der Waals surface area contributed by atoms with E-state index in [1.165, 1.54) is 0 Å². The summed E-state index contributed by atoms with van der Waals surface area (Å²) >= 11 is 6.06. The van der Waals surface area contributed by atoms with Gasteiger partial charge >= 0.3 is 0 Å². The summed E-state index contributed by atoms with van der Waals surface area (Å²) in [4.78, 5) is 0.223. The zero-order chi connectivity index (χ0) is 14.3. The molecule has 0 fully saturated rings. The van der Waals surface area contributed by atoms with Crippen molar-refractivity contribution in [2.45, 2.75) is 11.8 Å². The van der Waals surface area contributed by atoms with Crippen molar-refractivity contribution in [1.29, 1.82) is 0 Å². The average Bonchev–Trinajstić information content (AvgIpc) is 2.66. The topological polar surface area (TPSA) is 58.5 Å². The van der Waals surface area contributed by atoms with E-state index in [9.17, 15) is 8.42 Å². The highest BCUT2D eigenvalue weighted by atomic mass is 35.5. The molecule has 0 aliphatic carbocycles. The van der Waals surface area contributed by atoms with Crippen molar-refractivity contribution in [2.24, 2.45) is 4.40 Å². The van der Waals surface area contributed by atoms with E-state index < -0.39 is 10.0 Å². The van der Waals surface area contributed by atoms with Gasteiger partial charge in [-0.1, -0.05) is 29.8 Å². The molecule has 6 heteroatoms. The van der Waals surface area contributed by atoms with E-state index in [-0.39, 0.29) is 4.90 Å². The largest absolute Gasteiger partial charge is 0.339 e. The lowest BCUT2D eigenvalue weighted by Gasteiger charge is -2.07. The zero-order valence-electron chi connectivity index (χ0n) is 10.6. The summed E-state index contributed by atoms with van der Waals surface area (Å²) in [6.07, 6.45) is 0. The zero-order valence-corrected chi connectivity index (χ0v) is 12.2. The van der Waals surface area contributed by atoms with E-state index in [2.05, 4.69) is 9.71 Å². The van der Waals surface area contributed by atoms with Crippen LogP contribution in [0.5, 0.6) is 0 Å². The molecular formula is C14H11ClN2O2S. The molecule has 0 atom stereocenters. The van der Waals surface area contributed by atoms with Gasteiger partial charge in [0.1, 0.15) is 4.90 Å². The Balaban J connectivity index is 2.02. The van der Waals surface area contributed by atoms with Crippen LogP contribution in [0, 0.1) is 6.92 Å². The molecular weight excluding hydrogens is 296 g/mol. The molecule has 2 aromatic carbocycles. The number of fused-ring (bicyclic) bond motifs is 1. The predicted molar refractivity (Wildman–Crippen MR) is 80.0 cm³/mol. The number of amidine groups is 1. The van der Waals surface area contributed by atoms with Crippen molar-refractivity contribution >= 4 is 33.1 Å². The molecule has 1 aliphatic rings. The van der Waals surface area contributed by atoms with Crippen LogP contribution in [-0.2, 0) is 10.0 Å². The SMILES string of the molecule is Cc1ccc(NC2=NS(=O)(=O)c3ccccc32)cc1Cl. The van der Waals surface area contributed by atoms with Crippen LogP contribution >= 0.6 is 11.6 Å². The molecule has 0 unspecified atom stereocenters. The normalized spacial score (nSPS) is 15.6. The lowest BCUT2D eigenvalue weighted by Crippen LogP contribution is -2.11. The number of halogens is 1. The highest BCUT2D eigenvalue weighted by Crippen LogP contribution is 2.27. The van der Waals surface area contributed by atoms with Crippen LogP contribution in [0.25, 0.3) is 0 Å². The molecule has 0 saturated heterocycles. The monoisotopic (exact) mass is 306 g/mol. The van der Waals surface area contributed by atoms with Gasteiger partial charge in [-0.2, -0.15) is 8.42 Å². The smallest absolute Gasteiger partial charge is 0.285 e. The lowest BCUT2D eigenvalue weighted by molar-refractivity contribution is 0.599. The summed E-state index contributed by atoms with van der Waals surface area (Å²) in [5.74, 6) is 0.320. The molecule has 102 valence electrons. The first-order valence-electron chi connectivity index (χ1n) is 5.95. The van der Waals surface area contributed by atoms with E-state index in [1.807, 2.05) is 19.1 Å². The van der Waals surface area contributed by atoms with Crippen molar-refractivity contribution in [3.05, 3.63) is 58.6 Å². The molecule has 3 rings (SSSR count). The maximum atomic E-state index is 11.9. The van der Waals surface area contributed by atoms with Gasteiger partial charge < -0.3 is 5.32 Å². The Morgan fingerprint density at radius 3 is 2.65 bits per heavy atom. The standard InChI is InChI=1S/C14H11ClN2O2S/c1-9-6-7-10(8-12(9)15)16-14-11-4-2-3-5-13(11)20(18,19)17-14/h2-8H,1H3,(H,16,17). The number of sulfonamides is 1. The second-order valence-corrected chi connectivity index (χ2v) is 6.48. The quantitative estimate of drug-likeness (QED) is 0.880. The first-order valence-corrected chi connectivity index (χ1v) is 7.77. The van der Waals surface area contributed by atoms with Gasteiger partial charge in [0.15, 0.2) is 5.84 Å². The van der Waals surface area contributed by atoms with E-state index in [1.54, 1.807) is 30.3 Å². The lowest BCUT2D eigenvalue weighted by atomic mass is 10.2. The second-order valence-electron chi connectivity index (χ2n) is 4.50. The fourth-order valence-corrected chi connectivity index (χ4v) is 3.36. The number of hydrogen-bond donors (Lipinski definition) is 1. The first kappa shape index (κ1) is 13.1. The maximum Gasteiger partial charge on any atom is 0.285 e. The summed E-state index contributed by atoms with van der Waals surface area (Å²) in [7, 11) is -3.60. The Labute approximate surface area is 122 Å². The Bertz CT molecular complexity index is 829. The van der Waals surface area contributed by atoms with Crippen molar-refractivity contribution in [3.8, 4) is 0 Å². The first-order chi connectivity index (χ1) is 9.47. The van der Waals surface area contributed by atoms with E-state index in [0.29, 0.717) is 22.1 Å². The molecule has 20 heavy (non-hydrogen) atoms. The van der Waals surface area contributed by atoms with Crippen LogP contribution in [0.3, 0.4) is 0 Å². The number of anilines is 1. The number of aryl methyl sites for hydroxylation is 1. The van der Waals surface area contributed by atoms with Gasteiger partial charge in [-0.15, -0.1) is 4.40 Å². The van der Waals surface area contributed by atoms with Crippen molar-refractivity contribution in [3.63, 3.8) is 0 Å². The summed E-state index contributed by atoms with van der Waals surface area (Å²) in [5.41, 5.74) is 2.23. The van der Waals surface area contributed by atoms with Crippen LogP contribution in [0.15, 0.2) is 51.8 Å². The van der Waals surface area contributed by atoms with E-state index >= 15 is 0 Å². The van der Waals surface area contributed by atoms with Gasteiger partial charge in [-0.25, -0.2) is 0 Å². The summed E-state index contributed by atoms with van der Waals surface area (Å²) < 4.78 is 27.6. The molecule has 4 nitrogen and oxygen atoms in total. The van der Waals surface area contributed by atoms with Crippen LogP contribution in [0.2, 0.25) is 5.02 Å². The van der Waals surface area contributed by atoms with Crippen molar-refractivity contribution in [2.75, 3.05) is 5.32 Å². The van der Waals surface area contributed by atoms with Crippen LogP contribution in [0.4, 0.5) is 5.69 Å². The van der Waals surface area contributed by atoms with Crippen molar-refractivity contribution in [1.82, 2.24) is 0 Å². The molecule has 0 amide bonds. The van der Waals surface area contributed by atoms with Crippen molar-refractivity contribution < 1.29 is 8.42 Å². The Hall–Kier alpha value is -1.85. The molecule has 0 bridgehead atoms. The summed E-state index contributed by atoms with van der Waals surface area (Å²) in [6.45, 7) is 1.90. The highest BCUT2D eigenvalue weighted by molar-refractivity contribution is 7.90. The Kier molecular flexibility index (Phi) is 3.03. The third kappa shape index (κ3) is 2.19. The number of benzene rings is 2. The predicted octanol–water partition coefficient (Wildman–Crippen LogP) is 3.21. The molecule has 1 aliphatic heterocycles. The molecule has 1 heterocycles. The fourth-order valence-electron chi connectivity index (χ4n) is 2.00.